The third kappa shape index (κ3) is 7.43. The molecule has 1 atom stereocenters. The van der Waals surface area contributed by atoms with Crippen molar-refractivity contribution in [3.05, 3.63) is 0 Å². The molecule has 3 N–H and O–H groups in total. The lowest BCUT2D eigenvalue weighted by Gasteiger charge is -2.00. The molecule has 54 valence electrons. The average molecular weight is 131 g/mol. The third-order valence-corrected chi connectivity index (χ3v) is 1.05. The van der Waals surface area contributed by atoms with E-state index >= 15 is 0 Å². The Labute approximate surface area is 54.9 Å². The smallest absolute Gasteiger partial charge is 0.303 e. The van der Waals surface area contributed by atoms with E-state index in [1.807, 2.05) is 6.92 Å². The lowest BCUT2D eigenvalue weighted by molar-refractivity contribution is -0.137. The van der Waals surface area contributed by atoms with E-state index in [0.717, 1.165) is 6.42 Å². The van der Waals surface area contributed by atoms with Crippen LogP contribution in [0, 0.1) is 0 Å². The normalized spacial score (nSPS) is 13.1. The van der Waals surface area contributed by atoms with E-state index in [0.29, 0.717) is 6.42 Å². The molecule has 0 aromatic rings. The molecule has 0 aromatic carbocycles. The molecule has 3 heteroatoms. The van der Waals surface area contributed by atoms with Gasteiger partial charge in [0.1, 0.15) is 0 Å². The van der Waals surface area contributed by atoms with Gasteiger partial charge in [-0.2, -0.15) is 0 Å². The summed E-state index contributed by atoms with van der Waals surface area (Å²) in [6.45, 7) is 1.88. The molecular formula is C6H13NO2. The van der Waals surface area contributed by atoms with Crippen molar-refractivity contribution in [3.63, 3.8) is 0 Å². The Morgan fingerprint density at radius 2 is 2.33 bits per heavy atom. The molecular weight excluding hydrogens is 118 g/mol. The largest absolute Gasteiger partial charge is 0.481 e. The predicted molar refractivity (Wildman–Crippen MR) is 35.1 cm³/mol. The molecule has 0 radical (unpaired) electrons. The molecule has 0 aromatic heterocycles. The van der Waals surface area contributed by atoms with Gasteiger partial charge in [0.15, 0.2) is 0 Å². The third-order valence-electron chi connectivity index (χ3n) is 1.05. The summed E-state index contributed by atoms with van der Waals surface area (Å²) in [5, 5.41) is 8.19. The highest BCUT2D eigenvalue weighted by Gasteiger charge is 1.97. The molecule has 0 saturated heterocycles. The number of hydrogen-bond donors (Lipinski definition) is 2. The molecule has 0 bridgehead atoms. The molecule has 0 aliphatic carbocycles. The zero-order valence-corrected chi connectivity index (χ0v) is 5.63. The van der Waals surface area contributed by atoms with Crippen LogP contribution < -0.4 is 5.73 Å². The summed E-state index contributed by atoms with van der Waals surface area (Å²) >= 11 is 0. The molecule has 0 fully saturated rings. The van der Waals surface area contributed by atoms with Gasteiger partial charge < -0.3 is 10.8 Å². The van der Waals surface area contributed by atoms with Gasteiger partial charge in [0.25, 0.3) is 0 Å². The van der Waals surface area contributed by atoms with Crippen LogP contribution in [0.25, 0.3) is 0 Å². The number of carboxylic acid groups (broad SMARTS) is 1. The summed E-state index contributed by atoms with van der Waals surface area (Å²) in [4.78, 5) is 9.94. The van der Waals surface area contributed by atoms with Crippen LogP contribution >= 0.6 is 0 Å². The Morgan fingerprint density at radius 3 is 2.67 bits per heavy atom. The first-order chi connectivity index (χ1) is 4.13. The number of carbonyl (C=O) groups is 1. The van der Waals surface area contributed by atoms with E-state index in [1.165, 1.54) is 0 Å². The summed E-state index contributed by atoms with van der Waals surface area (Å²) in [6, 6.07) is 0.129. The van der Waals surface area contributed by atoms with Crippen LogP contribution in [0.15, 0.2) is 0 Å². The molecule has 0 amide bonds. The fraction of sp³-hybridized carbons (Fsp3) is 0.833. The number of rotatable bonds is 4. The second-order valence-corrected chi connectivity index (χ2v) is 2.26. The Bertz CT molecular complexity index is 91.1. The van der Waals surface area contributed by atoms with E-state index in [4.69, 9.17) is 10.8 Å². The molecule has 9 heavy (non-hydrogen) atoms. The maximum Gasteiger partial charge on any atom is 0.303 e. The van der Waals surface area contributed by atoms with Crippen LogP contribution in [0.1, 0.15) is 26.2 Å². The summed E-state index contributed by atoms with van der Waals surface area (Å²) < 4.78 is 0. The minimum atomic E-state index is -0.740. The zero-order chi connectivity index (χ0) is 7.28. The quantitative estimate of drug-likeness (QED) is 0.587. The van der Waals surface area contributed by atoms with Gasteiger partial charge in [-0.25, -0.2) is 0 Å². The lowest BCUT2D eigenvalue weighted by Crippen LogP contribution is -2.14. The highest BCUT2D eigenvalue weighted by Crippen LogP contribution is 1.96. The second kappa shape index (κ2) is 4.32. The minimum absolute atomic E-state index is 0.129. The van der Waals surface area contributed by atoms with Gasteiger partial charge in [-0.15, -0.1) is 0 Å². The topological polar surface area (TPSA) is 63.3 Å². The van der Waals surface area contributed by atoms with Crippen molar-refractivity contribution in [2.75, 3.05) is 0 Å². The Hall–Kier alpha value is -0.570. The van der Waals surface area contributed by atoms with E-state index in [9.17, 15) is 4.79 Å². The van der Waals surface area contributed by atoms with Crippen molar-refractivity contribution in [1.82, 2.24) is 0 Å². The summed E-state index contributed by atoms with van der Waals surface area (Å²) in [5.74, 6) is -0.740. The molecule has 0 rings (SSSR count). The van der Waals surface area contributed by atoms with Gasteiger partial charge in [0, 0.05) is 12.5 Å². The standard InChI is InChI=1S/C6H13NO2/c1-5(7)3-2-4-6(8)9/h5H,2-4,7H2,1H3,(H,8,9)/t5-/m0/s1. The Balaban J connectivity index is 3.01. The van der Waals surface area contributed by atoms with Gasteiger partial charge in [-0.05, 0) is 19.8 Å². The van der Waals surface area contributed by atoms with E-state index in [2.05, 4.69) is 0 Å². The second-order valence-electron chi connectivity index (χ2n) is 2.26. The maximum absolute atomic E-state index is 9.94. The summed E-state index contributed by atoms with van der Waals surface area (Å²) in [6.07, 6.45) is 1.72. The van der Waals surface area contributed by atoms with Crippen LogP contribution in [-0.2, 0) is 4.79 Å². The fourth-order valence-electron chi connectivity index (χ4n) is 0.575. The maximum atomic E-state index is 9.94. The average Bonchev–Trinajstić information content (AvgIpc) is 1.63. The zero-order valence-electron chi connectivity index (χ0n) is 5.63. The molecule has 0 aliphatic rings. The first kappa shape index (κ1) is 8.43. The highest BCUT2D eigenvalue weighted by atomic mass is 16.4. The summed E-state index contributed by atoms with van der Waals surface area (Å²) in [5.41, 5.74) is 5.39. The molecule has 0 heterocycles. The van der Waals surface area contributed by atoms with Gasteiger partial charge in [0.05, 0.1) is 0 Å². The molecule has 0 aliphatic heterocycles. The fourth-order valence-corrected chi connectivity index (χ4v) is 0.575. The van der Waals surface area contributed by atoms with Crippen molar-refractivity contribution in [2.24, 2.45) is 5.73 Å². The number of hydrogen-bond acceptors (Lipinski definition) is 2. The highest BCUT2D eigenvalue weighted by molar-refractivity contribution is 5.66. The lowest BCUT2D eigenvalue weighted by atomic mass is 10.1. The van der Waals surface area contributed by atoms with Gasteiger partial charge in [-0.3, -0.25) is 4.79 Å². The van der Waals surface area contributed by atoms with E-state index in [1.54, 1.807) is 0 Å². The molecule has 3 nitrogen and oxygen atoms in total. The summed E-state index contributed by atoms with van der Waals surface area (Å²) in [7, 11) is 0. The Kier molecular flexibility index (Phi) is 4.05. The molecule has 0 saturated carbocycles. The van der Waals surface area contributed by atoms with Crippen LogP contribution in [0.2, 0.25) is 0 Å². The monoisotopic (exact) mass is 131 g/mol. The van der Waals surface area contributed by atoms with Crippen LogP contribution in [0.3, 0.4) is 0 Å². The van der Waals surface area contributed by atoms with Crippen molar-refractivity contribution in [2.45, 2.75) is 32.2 Å². The van der Waals surface area contributed by atoms with Gasteiger partial charge in [0.2, 0.25) is 0 Å². The van der Waals surface area contributed by atoms with Crippen LogP contribution in [0.4, 0.5) is 0 Å². The predicted octanol–water partition coefficient (Wildman–Crippen LogP) is 0.589. The van der Waals surface area contributed by atoms with Crippen molar-refractivity contribution < 1.29 is 9.90 Å². The van der Waals surface area contributed by atoms with Gasteiger partial charge in [-0.1, -0.05) is 0 Å². The van der Waals surface area contributed by atoms with Crippen molar-refractivity contribution in [1.29, 1.82) is 0 Å². The SMILES string of the molecule is C[C@H](N)CCCC(=O)O. The first-order valence-electron chi connectivity index (χ1n) is 3.10. The molecule has 0 spiro atoms. The number of aliphatic carboxylic acids is 1. The van der Waals surface area contributed by atoms with E-state index in [-0.39, 0.29) is 12.5 Å². The van der Waals surface area contributed by atoms with Crippen molar-refractivity contribution in [3.8, 4) is 0 Å². The van der Waals surface area contributed by atoms with Crippen molar-refractivity contribution >= 4 is 5.97 Å². The minimum Gasteiger partial charge on any atom is -0.481 e. The van der Waals surface area contributed by atoms with Crippen LogP contribution in [0.5, 0.6) is 0 Å². The first-order valence-corrected chi connectivity index (χ1v) is 3.10. The van der Waals surface area contributed by atoms with Gasteiger partial charge >= 0.3 is 5.97 Å². The Morgan fingerprint density at radius 1 is 1.78 bits per heavy atom. The molecule has 0 unspecified atom stereocenters. The van der Waals surface area contributed by atoms with E-state index < -0.39 is 5.97 Å². The number of carboxylic acids is 1. The number of nitrogens with two attached hydrogens (primary N) is 1. The van der Waals surface area contributed by atoms with Crippen LogP contribution in [-0.4, -0.2) is 17.1 Å².